The monoisotopic (exact) mass is 400 g/mol. The topological polar surface area (TPSA) is 52.6 Å². The molecule has 0 aliphatic rings. The summed E-state index contributed by atoms with van der Waals surface area (Å²) in [7, 11) is 0. The Hall–Kier alpha value is -3.66. The van der Waals surface area contributed by atoms with Gasteiger partial charge in [-0.3, -0.25) is 4.79 Å². The zero-order valence-electron chi connectivity index (χ0n) is 17.1. The molecule has 3 rings (SSSR count). The predicted molar refractivity (Wildman–Crippen MR) is 118 cm³/mol. The lowest BCUT2D eigenvalue weighted by molar-refractivity contribution is -0.138. The van der Waals surface area contributed by atoms with Gasteiger partial charge in [0.25, 0.3) is 0 Å². The van der Waals surface area contributed by atoms with E-state index in [9.17, 15) is 9.59 Å². The Balaban J connectivity index is 1.55. The summed E-state index contributed by atoms with van der Waals surface area (Å²) in [5, 5.41) is 0. The van der Waals surface area contributed by atoms with Crippen LogP contribution in [0.25, 0.3) is 17.2 Å². The average molecular weight is 400 g/mol. The number of carbonyl (C=O) groups is 2. The number of benzene rings is 3. The maximum atomic E-state index is 12.1. The van der Waals surface area contributed by atoms with Crippen LogP contribution in [0.5, 0.6) is 11.5 Å². The second kappa shape index (κ2) is 10.2. The van der Waals surface area contributed by atoms with Gasteiger partial charge in [-0.1, -0.05) is 68.4 Å². The van der Waals surface area contributed by atoms with Crippen molar-refractivity contribution in [3.05, 3.63) is 90.5 Å². The van der Waals surface area contributed by atoms with Crippen molar-refractivity contribution in [2.45, 2.75) is 20.3 Å². The molecule has 0 fully saturated rings. The molecule has 0 bridgehead atoms. The molecule has 3 aromatic carbocycles. The molecule has 3 aromatic rings. The Morgan fingerprint density at radius 2 is 1.37 bits per heavy atom. The standard InChI is InChI=1S/C26H24O4/c1-3-19(2)26(28)30-24-16-14-23(15-17-24)29-25(27)18-11-20-9-12-22(13-10-20)21-7-5-4-6-8-21/h4-19H,3H2,1-2H3. The van der Waals surface area contributed by atoms with Gasteiger partial charge in [0.15, 0.2) is 0 Å². The van der Waals surface area contributed by atoms with E-state index in [1.807, 2.05) is 56.3 Å². The molecule has 1 atom stereocenters. The van der Waals surface area contributed by atoms with E-state index in [4.69, 9.17) is 9.47 Å². The van der Waals surface area contributed by atoms with E-state index in [0.29, 0.717) is 11.5 Å². The molecule has 0 spiro atoms. The van der Waals surface area contributed by atoms with Crippen molar-refractivity contribution in [1.29, 1.82) is 0 Å². The number of ether oxygens (including phenoxy) is 2. The Labute approximate surface area is 176 Å². The third-order valence-electron chi connectivity index (χ3n) is 4.71. The van der Waals surface area contributed by atoms with Crippen LogP contribution in [-0.2, 0) is 9.59 Å². The van der Waals surface area contributed by atoms with Crippen molar-refractivity contribution in [1.82, 2.24) is 0 Å². The van der Waals surface area contributed by atoms with E-state index in [1.165, 1.54) is 6.08 Å². The lowest BCUT2D eigenvalue weighted by Gasteiger charge is -2.09. The van der Waals surface area contributed by atoms with Crippen molar-refractivity contribution >= 4 is 18.0 Å². The number of hydrogen-bond donors (Lipinski definition) is 0. The lowest BCUT2D eigenvalue weighted by atomic mass is 10.0. The Morgan fingerprint density at radius 3 is 1.97 bits per heavy atom. The van der Waals surface area contributed by atoms with Crippen LogP contribution in [0, 0.1) is 5.92 Å². The van der Waals surface area contributed by atoms with Crippen LogP contribution in [0.15, 0.2) is 84.9 Å². The highest BCUT2D eigenvalue weighted by molar-refractivity contribution is 5.88. The first-order valence-corrected chi connectivity index (χ1v) is 9.92. The lowest BCUT2D eigenvalue weighted by Crippen LogP contribution is -2.16. The highest BCUT2D eigenvalue weighted by Gasteiger charge is 2.13. The molecule has 4 nitrogen and oxygen atoms in total. The van der Waals surface area contributed by atoms with Crippen molar-refractivity contribution in [3.63, 3.8) is 0 Å². The Bertz CT molecular complexity index is 1000. The smallest absolute Gasteiger partial charge is 0.336 e. The van der Waals surface area contributed by atoms with Crippen molar-refractivity contribution in [3.8, 4) is 22.6 Å². The first-order valence-electron chi connectivity index (χ1n) is 9.92. The molecule has 152 valence electrons. The van der Waals surface area contributed by atoms with Gasteiger partial charge in [-0.25, -0.2) is 4.79 Å². The maximum Gasteiger partial charge on any atom is 0.336 e. The van der Waals surface area contributed by atoms with Crippen molar-refractivity contribution < 1.29 is 19.1 Å². The van der Waals surface area contributed by atoms with Crippen LogP contribution in [0.2, 0.25) is 0 Å². The number of hydrogen-bond acceptors (Lipinski definition) is 4. The van der Waals surface area contributed by atoms with Gasteiger partial charge < -0.3 is 9.47 Å². The minimum absolute atomic E-state index is 0.158. The molecule has 0 amide bonds. The summed E-state index contributed by atoms with van der Waals surface area (Å²) >= 11 is 0. The van der Waals surface area contributed by atoms with Gasteiger partial charge in [-0.15, -0.1) is 0 Å². The number of rotatable bonds is 7. The fourth-order valence-corrected chi connectivity index (χ4v) is 2.69. The first-order chi connectivity index (χ1) is 14.5. The quantitative estimate of drug-likeness (QED) is 0.280. The van der Waals surface area contributed by atoms with Crippen molar-refractivity contribution in [2.24, 2.45) is 5.92 Å². The van der Waals surface area contributed by atoms with Crippen LogP contribution in [-0.4, -0.2) is 11.9 Å². The third kappa shape index (κ3) is 5.92. The number of carbonyl (C=O) groups excluding carboxylic acids is 2. The van der Waals surface area contributed by atoms with Gasteiger partial charge >= 0.3 is 11.9 Å². The summed E-state index contributed by atoms with van der Waals surface area (Å²) < 4.78 is 10.6. The molecule has 0 heterocycles. The predicted octanol–water partition coefficient (Wildman–Crippen LogP) is 5.92. The largest absolute Gasteiger partial charge is 0.426 e. The summed E-state index contributed by atoms with van der Waals surface area (Å²) in [5.74, 6) is -0.106. The van der Waals surface area contributed by atoms with Crippen LogP contribution in [0.3, 0.4) is 0 Å². The second-order valence-corrected chi connectivity index (χ2v) is 6.94. The van der Waals surface area contributed by atoms with Crippen LogP contribution in [0.4, 0.5) is 0 Å². The van der Waals surface area contributed by atoms with Gasteiger partial charge in [0.1, 0.15) is 11.5 Å². The molecule has 0 aliphatic heterocycles. The number of esters is 2. The average Bonchev–Trinajstić information content (AvgIpc) is 2.79. The molecule has 0 N–H and O–H groups in total. The van der Waals surface area contributed by atoms with Gasteiger partial charge in [0.05, 0.1) is 5.92 Å². The fourth-order valence-electron chi connectivity index (χ4n) is 2.69. The van der Waals surface area contributed by atoms with E-state index in [1.54, 1.807) is 30.3 Å². The minimum Gasteiger partial charge on any atom is -0.426 e. The Kier molecular flexibility index (Phi) is 7.17. The molecule has 1 unspecified atom stereocenters. The van der Waals surface area contributed by atoms with E-state index >= 15 is 0 Å². The molecule has 0 aromatic heterocycles. The van der Waals surface area contributed by atoms with Crippen LogP contribution in [0.1, 0.15) is 25.8 Å². The first kappa shape index (κ1) is 21.1. The summed E-state index contributed by atoms with van der Waals surface area (Å²) in [6, 6.07) is 24.4. The molecular weight excluding hydrogens is 376 g/mol. The van der Waals surface area contributed by atoms with Crippen LogP contribution < -0.4 is 9.47 Å². The summed E-state index contributed by atoms with van der Waals surface area (Å²) in [6.07, 6.45) is 3.81. The summed E-state index contributed by atoms with van der Waals surface area (Å²) in [6.45, 7) is 3.75. The van der Waals surface area contributed by atoms with E-state index < -0.39 is 5.97 Å². The summed E-state index contributed by atoms with van der Waals surface area (Å²) in [5.41, 5.74) is 3.16. The molecule has 30 heavy (non-hydrogen) atoms. The zero-order valence-corrected chi connectivity index (χ0v) is 17.1. The Morgan fingerprint density at radius 1 is 0.800 bits per heavy atom. The SMILES string of the molecule is CCC(C)C(=O)Oc1ccc(OC(=O)C=Cc2ccc(-c3ccccc3)cc2)cc1. The second-order valence-electron chi connectivity index (χ2n) is 6.94. The molecule has 0 saturated carbocycles. The van der Waals surface area contributed by atoms with Crippen molar-refractivity contribution in [2.75, 3.05) is 0 Å². The zero-order chi connectivity index (χ0) is 21.3. The van der Waals surface area contributed by atoms with Gasteiger partial charge in [0.2, 0.25) is 0 Å². The third-order valence-corrected chi connectivity index (χ3v) is 4.71. The van der Waals surface area contributed by atoms with Gasteiger partial charge in [-0.05, 0) is 53.5 Å². The highest BCUT2D eigenvalue weighted by atomic mass is 16.5. The molecule has 4 heteroatoms. The summed E-state index contributed by atoms with van der Waals surface area (Å²) in [4.78, 5) is 23.9. The van der Waals surface area contributed by atoms with E-state index in [-0.39, 0.29) is 11.9 Å². The molecule has 0 saturated heterocycles. The molecular formula is C26H24O4. The van der Waals surface area contributed by atoms with Gasteiger partial charge in [0, 0.05) is 6.08 Å². The molecule has 0 radical (unpaired) electrons. The van der Waals surface area contributed by atoms with Crippen LogP contribution >= 0.6 is 0 Å². The highest BCUT2D eigenvalue weighted by Crippen LogP contribution is 2.21. The van der Waals surface area contributed by atoms with E-state index in [0.717, 1.165) is 23.1 Å². The normalized spacial score (nSPS) is 11.8. The fraction of sp³-hybridized carbons (Fsp3) is 0.154. The van der Waals surface area contributed by atoms with E-state index in [2.05, 4.69) is 12.1 Å². The van der Waals surface area contributed by atoms with Gasteiger partial charge in [-0.2, -0.15) is 0 Å². The minimum atomic E-state index is -0.480. The molecule has 0 aliphatic carbocycles. The maximum absolute atomic E-state index is 12.1.